The van der Waals surface area contributed by atoms with Crippen LogP contribution in [0.25, 0.3) is 11.3 Å². The first-order valence-corrected chi connectivity index (χ1v) is 11.0. The minimum Gasteiger partial charge on any atom is -0.390 e. The zero-order chi connectivity index (χ0) is 24.3. The van der Waals surface area contributed by atoms with Crippen LogP contribution in [-0.4, -0.2) is 20.8 Å². The van der Waals surface area contributed by atoms with Gasteiger partial charge in [-0.2, -0.15) is 0 Å². The van der Waals surface area contributed by atoms with Crippen molar-refractivity contribution in [3.8, 4) is 11.3 Å². The lowest BCUT2D eigenvalue weighted by molar-refractivity contribution is -0.393. The number of benzene rings is 3. The summed E-state index contributed by atoms with van der Waals surface area (Å²) >= 11 is 3.03. The molecule has 0 radical (unpaired) electrons. The molecule has 0 unspecified atom stereocenters. The molecule has 34 heavy (non-hydrogen) atoms. The van der Waals surface area contributed by atoms with Gasteiger partial charge < -0.3 is 15.4 Å². The molecule has 4 N–H and O–H groups in total. The maximum absolute atomic E-state index is 12.3. The highest BCUT2D eigenvalue weighted by molar-refractivity contribution is 7.77. The third-order valence-electron chi connectivity index (χ3n) is 5.13. The number of hydrogen-bond acceptors (Lipinski definition) is 6. The summed E-state index contributed by atoms with van der Waals surface area (Å²) < 4.78 is 0. The molecule has 1 amide bonds. The Morgan fingerprint density at radius 2 is 1.50 bits per heavy atom. The third kappa shape index (κ3) is 7.03. The summed E-state index contributed by atoms with van der Waals surface area (Å²) in [5.74, 6) is -0.335. The molecule has 0 atom stereocenters. The molecule has 0 aliphatic carbocycles. The van der Waals surface area contributed by atoms with Crippen LogP contribution in [0.15, 0.2) is 85.1 Å². The average Bonchev–Trinajstić information content (AvgIpc) is 3.37. The van der Waals surface area contributed by atoms with E-state index in [1.807, 2.05) is 54.6 Å². The van der Waals surface area contributed by atoms with Gasteiger partial charge in [0.2, 0.25) is 5.91 Å². The number of amides is 1. The number of carbonyl (C=O) groups excluding carboxylic acids is 1. The van der Waals surface area contributed by atoms with E-state index in [1.54, 1.807) is 0 Å². The Hall–Kier alpha value is -3.95. The quantitative estimate of drug-likeness (QED) is 0.172. The van der Waals surface area contributed by atoms with Crippen molar-refractivity contribution in [3.05, 3.63) is 117 Å². The van der Waals surface area contributed by atoms with E-state index in [4.69, 9.17) is 0 Å². The number of aromatic amines is 1. The smallest absolute Gasteiger partial charge is 0.390 e. The van der Waals surface area contributed by atoms with Gasteiger partial charge in [0, 0.05) is 12.1 Å². The standard InChI is InChI=1S/C25H22N4O3.H3NS/c30-24(15-20-8-6-19(7-9-20)14-18-4-2-1-3-5-18)26-16-21-10-12-22(13-11-21)23-17-27-25(28-23)29(31)32;1-2/h1-13,17H,14-16H2,(H,26,30)(H,27,28);2H,1H2. The van der Waals surface area contributed by atoms with Gasteiger partial charge in [-0.1, -0.05) is 83.8 Å². The van der Waals surface area contributed by atoms with Gasteiger partial charge in [0.1, 0.15) is 11.9 Å². The summed E-state index contributed by atoms with van der Waals surface area (Å²) in [6.07, 6.45) is 2.62. The fourth-order valence-corrected chi connectivity index (χ4v) is 3.41. The summed E-state index contributed by atoms with van der Waals surface area (Å²) in [6, 6.07) is 25.8. The van der Waals surface area contributed by atoms with E-state index in [9.17, 15) is 14.9 Å². The number of imidazole rings is 1. The van der Waals surface area contributed by atoms with Crippen molar-refractivity contribution in [3.63, 3.8) is 0 Å². The van der Waals surface area contributed by atoms with E-state index < -0.39 is 4.92 Å². The van der Waals surface area contributed by atoms with Crippen LogP contribution in [0.1, 0.15) is 22.3 Å². The van der Waals surface area contributed by atoms with E-state index in [0.29, 0.717) is 18.7 Å². The van der Waals surface area contributed by atoms with E-state index in [1.165, 1.54) is 17.3 Å². The van der Waals surface area contributed by atoms with Crippen LogP contribution < -0.4 is 10.5 Å². The summed E-state index contributed by atoms with van der Waals surface area (Å²) in [5.41, 5.74) is 5.74. The van der Waals surface area contributed by atoms with Crippen molar-refractivity contribution < 1.29 is 9.72 Å². The topological polar surface area (TPSA) is 127 Å². The Morgan fingerprint density at radius 3 is 2.12 bits per heavy atom. The molecular weight excluding hydrogens is 450 g/mol. The predicted octanol–water partition coefficient (Wildman–Crippen LogP) is 4.22. The highest BCUT2D eigenvalue weighted by Gasteiger charge is 2.12. The molecule has 1 heterocycles. The summed E-state index contributed by atoms with van der Waals surface area (Å²) in [6.45, 7) is 0.411. The number of nitro groups is 1. The van der Waals surface area contributed by atoms with Crippen LogP contribution in [0.5, 0.6) is 0 Å². The van der Waals surface area contributed by atoms with E-state index in [-0.39, 0.29) is 11.9 Å². The van der Waals surface area contributed by atoms with Crippen molar-refractivity contribution in [2.45, 2.75) is 19.4 Å². The Morgan fingerprint density at radius 1 is 0.912 bits per heavy atom. The van der Waals surface area contributed by atoms with Crippen molar-refractivity contribution in [1.29, 1.82) is 0 Å². The molecular formula is C25H25N5O3S. The first kappa shape index (κ1) is 24.7. The predicted molar refractivity (Wildman–Crippen MR) is 135 cm³/mol. The first-order chi connectivity index (χ1) is 16.6. The number of hydrogen-bond donors (Lipinski definition) is 4. The SMILES string of the molecule is NS.O=C(Cc1ccc(Cc2ccccc2)cc1)NCc1ccc(-c2cnc([N+](=O)[O-])[nH]2)cc1. The molecule has 1 aromatic heterocycles. The monoisotopic (exact) mass is 475 g/mol. The molecule has 0 spiro atoms. The zero-order valence-electron chi connectivity index (χ0n) is 18.3. The van der Waals surface area contributed by atoms with Gasteiger partial charge in [0.15, 0.2) is 0 Å². The number of rotatable bonds is 8. The molecule has 8 nitrogen and oxygen atoms in total. The van der Waals surface area contributed by atoms with Gasteiger partial charge in [0.05, 0.1) is 6.42 Å². The van der Waals surface area contributed by atoms with Crippen LogP contribution in [0.4, 0.5) is 5.95 Å². The molecule has 174 valence electrons. The summed E-state index contributed by atoms with van der Waals surface area (Å²) in [4.78, 5) is 28.9. The second kappa shape index (κ2) is 12.3. The fraction of sp³-hybridized carbons (Fsp3) is 0.120. The Labute approximate surface area is 202 Å². The molecule has 0 saturated heterocycles. The van der Waals surface area contributed by atoms with Gasteiger partial charge in [-0.3, -0.25) is 9.93 Å². The first-order valence-electron chi connectivity index (χ1n) is 10.5. The Balaban J connectivity index is 0.00000158. The Kier molecular flexibility index (Phi) is 8.96. The van der Waals surface area contributed by atoms with E-state index in [0.717, 1.165) is 23.1 Å². The molecule has 0 bridgehead atoms. The molecule has 3 aromatic carbocycles. The number of H-pyrrole nitrogens is 1. The molecule has 0 fully saturated rings. The largest absolute Gasteiger partial charge is 0.432 e. The zero-order valence-corrected chi connectivity index (χ0v) is 19.2. The molecule has 4 aromatic rings. The van der Waals surface area contributed by atoms with E-state index >= 15 is 0 Å². The van der Waals surface area contributed by atoms with Crippen molar-refractivity contribution in [1.82, 2.24) is 15.3 Å². The number of aromatic nitrogens is 2. The minimum atomic E-state index is -0.565. The fourth-order valence-electron chi connectivity index (χ4n) is 3.41. The van der Waals surface area contributed by atoms with Crippen LogP contribution in [0.2, 0.25) is 0 Å². The molecule has 0 aliphatic heterocycles. The highest BCUT2D eigenvalue weighted by atomic mass is 32.1. The van der Waals surface area contributed by atoms with Gasteiger partial charge >= 0.3 is 5.95 Å². The average molecular weight is 476 g/mol. The number of nitrogens with zero attached hydrogens (tertiary/aromatic N) is 2. The maximum atomic E-state index is 12.3. The summed E-state index contributed by atoms with van der Waals surface area (Å²) in [7, 11) is 0. The number of nitrogens with two attached hydrogens (primary N) is 1. The van der Waals surface area contributed by atoms with Crippen molar-refractivity contribution in [2.75, 3.05) is 0 Å². The second-order valence-electron chi connectivity index (χ2n) is 7.51. The molecule has 0 aliphatic rings. The van der Waals surface area contributed by atoms with E-state index in [2.05, 4.69) is 57.5 Å². The van der Waals surface area contributed by atoms with Crippen LogP contribution in [-0.2, 0) is 24.2 Å². The van der Waals surface area contributed by atoms with Gasteiger partial charge in [0.25, 0.3) is 0 Å². The number of thiol groups is 1. The van der Waals surface area contributed by atoms with Crippen LogP contribution in [0, 0.1) is 10.1 Å². The molecule has 9 heteroatoms. The maximum Gasteiger partial charge on any atom is 0.432 e. The second-order valence-corrected chi connectivity index (χ2v) is 7.51. The minimum absolute atomic E-state index is 0.0471. The van der Waals surface area contributed by atoms with Crippen molar-refractivity contribution >= 4 is 24.7 Å². The normalized spacial score (nSPS) is 10.2. The molecule has 4 rings (SSSR count). The molecule has 0 saturated carbocycles. The third-order valence-corrected chi connectivity index (χ3v) is 5.13. The summed E-state index contributed by atoms with van der Waals surface area (Å²) in [5, 5.41) is 17.9. The van der Waals surface area contributed by atoms with Crippen LogP contribution in [0.3, 0.4) is 0 Å². The lowest BCUT2D eigenvalue weighted by Gasteiger charge is -2.07. The lowest BCUT2D eigenvalue weighted by Crippen LogP contribution is -2.24. The van der Waals surface area contributed by atoms with Crippen LogP contribution >= 0.6 is 12.8 Å². The lowest BCUT2D eigenvalue weighted by atomic mass is 10.0. The van der Waals surface area contributed by atoms with Gasteiger partial charge in [-0.15, -0.1) is 12.8 Å². The highest BCUT2D eigenvalue weighted by Crippen LogP contribution is 2.20. The van der Waals surface area contributed by atoms with Gasteiger partial charge in [-0.05, 0) is 33.6 Å². The van der Waals surface area contributed by atoms with Crippen molar-refractivity contribution in [2.24, 2.45) is 5.14 Å². The Bertz CT molecular complexity index is 1210. The number of nitrogens with one attached hydrogen (secondary N) is 2. The van der Waals surface area contributed by atoms with Gasteiger partial charge in [-0.25, -0.2) is 4.98 Å². The number of carbonyl (C=O) groups is 1.